The quantitative estimate of drug-likeness (QED) is 0.577. The third-order valence-electron chi connectivity index (χ3n) is 3.65. The number of carbonyl (C=O) groups is 1. The molecule has 0 aliphatic carbocycles. The van der Waals surface area contributed by atoms with E-state index in [2.05, 4.69) is 36.5 Å². The SMILES string of the molecule is CC(=O)c1ccc(Nc2nccc(Nc3ccc(C)c(Br)c3)n2)cc1. The van der Waals surface area contributed by atoms with Gasteiger partial charge in [-0.25, -0.2) is 4.98 Å². The molecule has 0 aliphatic rings. The van der Waals surface area contributed by atoms with Crippen LogP contribution in [0.1, 0.15) is 22.8 Å². The highest BCUT2D eigenvalue weighted by atomic mass is 79.9. The van der Waals surface area contributed by atoms with E-state index in [0.29, 0.717) is 17.3 Å². The van der Waals surface area contributed by atoms with Gasteiger partial charge < -0.3 is 10.6 Å². The molecule has 1 aromatic heterocycles. The van der Waals surface area contributed by atoms with Gasteiger partial charge in [-0.2, -0.15) is 4.98 Å². The summed E-state index contributed by atoms with van der Waals surface area (Å²) in [6.45, 7) is 3.59. The fourth-order valence-electron chi connectivity index (χ4n) is 2.22. The number of halogens is 1. The first-order valence-electron chi connectivity index (χ1n) is 7.75. The Morgan fingerprint density at radius 3 is 2.40 bits per heavy atom. The zero-order valence-electron chi connectivity index (χ0n) is 13.9. The Balaban J connectivity index is 1.74. The number of Topliss-reactive ketones (excluding diaryl/α,β-unsaturated/α-hetero) is 1. The van der Waals surface area contributed by atoms with Crippen LogP contribution in [0.4, 0.5) is 23.1 Å². The normalized spacial score (nSPS) is 10.4. The summed E-state index contributed by atoms with van der Waals surface area (Å²) in [7, 11) is 0. The Hall–Kier alpha value is -2.73. The van der Waals surface area contributed by atoms with E-state index < -0.39 is 0 Å². The number of hydrogen-bond donors (Lipinski definition) is 2. The number of anilines is 4. The van der Waals surface area contributed by atoms with Crippen LogP contribution in [-0.4, -0.2) is 15.8 Å². The first kappa shape index (κ1) is 17.1. The fourth-order valence-corrected chi connectivity index (χ4v) is 2.60. The molecule has 2 aromatic carbocycles. The minimum absolute atomic E-state index is 0.0401. The standard InChI is InChI=1S/C19H17BrN4O/c1-12-3-6-16(11-17(12)20)22-18-9-10-21-19(24-18)23-15-7-4-14(5-8-15)13(2)25/h3-11H,1-2H3,(H2,21,22,23,24). The molecule has 0 bridgehead atoms. The lowest BCUT2D eigenvalue weighted by molar-refractivity contribution is 0.101. The summed E-state index contributed by atoms with van der Waals surface area (Å²) in [5.74, 6) is 1.21. The van der Waals surface area contributed by atoms with Gasteiger partial charge in [0.2, 0.25) is 5.95 Å². The Morgan fingerprint density at radius 1 is 1.00 bits per heavy atom. The first-order valence-corrected chi connectivity index (χ1v) is 8.55. The van der Waals surface area contributed by atoms with E-state index in [1.165, 1.54) is 5.56 Å². The maximum absolute atomic E-state index is 11.3. The molecule has 0 fully saturated rings. The van der Waals surface area contributed by atoms with Crippen LogP contribution in [-0.2, 0) is 0 Å². The Labute approximate surface area is 154 Å². The Kier molecular flexibility index (Phi) is 5.09. The van der Waals surface area contributed by atoms with E-state index in [4.69, 9.17) is 0 Å². The van der Waals surface area contributed by atoms with Crippen LogP contribution in [0, 0.1) is 6.92 Å². The van der Waals surface area contributed by atoms with Crippen LogP contribution < -0.4 is 10.6 Å². The fraction of sp³-hybridized carbons (Fsp3) is 0.105. The van der Waals surface area contributed by atoms with E-state index in [-0.39, 0.29) is 5.78 Å². The van der Waals surface area contributed by atoms with Crippen molar-refractivity contribution in [3.63, 3.8) is 0 Å². The van der Waals surface area contributed by atoms with Gasteiger partial charge in [0, 0.05) is 27.6 Å². The predicted octanol–water partition coefficient (Wildman–Crippen LogP) is 5.24. The highest BCUT2D eigenvalue weighted by molar-refractivity contribution is 9.10. The smallest absolute Gasteiger partial charge is 0.229 e. The second-order valence-corrected chi connectivity index (χ2v) is 6.47. The van der Waals surface area contributed by atoms with E-state index in [0.717, 1.165) is 15.8 Å². The molecule has 3 rings (SSSR count). The molecule has 6 heteroatoms. The van der Waals surface area contributed by atoms with Crippen molar-refractivity contribution in [2.45, 2.75) is 13.8 Å². The summed E-state index contributed by atoms with van der Waals surface area (Å²) in [4.78, 5) is 20.0. The monoisotopic (exact) mass is 396 g/mol. The van der Waals surface area contributed by atoms with E-state index in [1.807, 2.05) is 37.3 Å². The number of rotatable bonds is 5. The molecule has 0 saturated carbocycles. The molecule has 0 amide bonds. The molecule has 1 heterocycles. The summed E-state index contributed by atoms with van der Waals surface area (Å²) in [5, 5.41) is 6.39. The van der Waals surface area contributed by atoms with Crippen molar-refractivity contribution in [1.29, 1.82) is 0 Å². The largest absolute Gasteiger partial charge is 0.340 e. The second-order valence-electron chi connectivity index (χ2n) is 5.61. The molecule has 0 atom stereocenters. The maximum atomic E-state index is 11.3. The van der Waals surface area contributed by atoms with Crippen molar-refractivity contribution in [2.24, 2.45) is 0 Å². The average Bonchev–Trinajstić information content (AvgIpc) is 2.59. The summed E-state index contributed by atoms with van der Waals surface area (Å²) in [5.41, 5.74) is 3.60. The van der Waals surface area contributed by atoms with Crippen LogP contribution in [0.5, 0.6) is 0 Å². The zero-order valence-corrected chi connectivity index (χ0v) is 15.5. The molecule has 5 nitrogen and oxygen atoms in total. The van der Waals surface area contributed by atoms with Gasteiger partial charge in [0.1, 0.15) is 5.82 Å². The van der Waals surface area contributed by atoms with Crippen LogP contribution >= 0.6 is 15.9 Å². The molecule has 25 heavy (non-hydrogen) atoms. The molecule has 2 N–H and O–H groups in total. The lowest BCUT2D eigenvalue weighted by Gasteiger charge is -2.09. The lowest BCUT2D eigenvalue weighted by atomic mass is 10.1. The molecular formula is C19H17BrN4O. The Bertz CT molecular complexity index is 910. The van der Waals surface area contributed by atoms with E-state index >= 15 is 0 Å². The number of carbonyl (C=O) groups excluding carboxylic acids is 1. The minimum atomic E-state index is 0.0401. The number of nitrogens with one attached hydrogen (secondary N) is 2. The number of hydrogen-bond acceptors (Lipinski definition) is 5. The average molecular weight is 397 g/mol. The van der Waals surface area contributed by atoms with Crippen LogP contribution in [0.15, 0.2) is 59.2 Å². The van der Waals surface area contributed by atoms with Gasteiger partial charge in [0.25, 0.3) is 0 Å². The van der Waals surface area contributed by atoms with Crippen molar-refractivity contribution in [2.75, 3.05) is 10.6 Å². The Morgan fingerprint density at radius 2 is 1.72 bits per heavy atom. The molecule has 3 aromatic rings. The number of ketones is 1. The van der Waals surface area contributed by atoms with Gasteiger partial charge in [-0.1, -0.05) is 22.0 Å². The van der Waals surface area contributed by atoms with Gasteiger partial charge in [-0.3, -0.25) is 4.79 Å². The lowest BCUT2D eigenvalue weighted by Crippen LogP contribution is -2.01. The summed E-state index contributed by atoms with van der Waals surface area (Å²) >= 11 is 3.52. The van der Waals surface area contributed by atoms with Crippen molar-refractivity contribution >= 4 is 44.9 Å². The molecule has 0 radical (unpaired) electrons. The maximum Gasteiger partial charge on any atom is 0.229 e. The van der Waals surface area contributed by atoms with Crippen molar-refractivity contribution < 1.29 is 4.79 Å². The number of aromatic nitrogens is 2. The van der Waals surface area contributed by atoms with Crippen LogP contribution in [0.3, 0.4) is 0 Å². The van der Waals surface area contributed by atoms with E-state index in [9.17, 15) is 4.79 Å². The number of aryl methyl sites for hydroxylation is 1. The highest BCUT2D eigenvalue weighted by Gasteiger charge is 2.04. The van der Waals surface area contributed by atoms with E-state index in [1.54, 1.807) is 31.3 Å². The highest BCUT2D eigenvalue weighted by Crippen LogP contribution is 2.23. The minimum Gasteiger partial charge on any atom is -0.340 e. The van der Waals surface area contributed by atoms with Gasteiger partial charge >= 0.3 is 0 Å². The molecule has 0 saturated heterocycles. The topological polar surface area (TPSA) is 66.9 Å². The molecular weight excluding hydrogens is 380 g/mol. The second kappa shape index (κ2) is 7.44. The third-order valence-corrected chi connectivity index (χ3v) is 4.50. The zero-order chi connectivity index (χ0) is 17.8. The summed E-state index contributed by atoms with van der Waals surface area (Å²) in [6, 6.07) is 15.0. The van der Waals surface area contributed by atoms with Gasteiger partial charge in [-0.15, -0.1) is 0 Å². The van der Waals surface area contributed by atoms with Crippen LogP contribution in [0.25, 0.3) is 0 Å². The molecule has 0 unspecified atom stereocenters. The van der Waals surface area contributed by atoms with Gasteiger partial charge in [-0.05, 0) is 61.9 Å². The third kappa shape index (κ3) is 4.42. The van der Waals surface area contributed by atoms with Gasteiger partial charge in [0.15, 0.2) is 5.78 Å². The molecule has 126 valence electrons. The number of benzene rings is 2. The van der Waals surface area contributed by atoms with Crippen molar-refractivity contribution in [1.82, 2.24) is 9.97 Å². The summed E-state index contributed by atoms with van der Waals surface area (Å²) < 4.78 is 1.04. The van der Waals surface area contributed by atoms with Crippen LogP contribution in [0.2, 0.25) is 0 Å². The van der Waals surface area contributed by atoms with Crippen molar-refractivity contribution in [3.05, 3.63) is 70.3 Å². The molecule has 0 spiro atoms. The number of nitrogens with zero attached hydrogens (tertiary/aromatic N) is 2. The first-order chi connectivity index (χ1) is 12.0. The summed E-state index contributed by atoms with van der Waals surface area (Å²) in [6.07, 6.45) is 1.69. The predicted molar refractivity (Wildman–Crippen MR) is 104 cm³/mol. The molecule has 0 aliphatic heterocycles. The van der Waals surface area contributed by atoms with Crippen molar-refractivity contribution in [3.8, 4) is 0 Å². The van der Waals surface area contributed by atoms with Gasteiger partial charge in [0.05, 0.1) is 0 Å².